The Balaban J connectivity index is 1.17. The maximum Gasteiger partial charge on any atom is 0.252 e. The highest BCUT2D eigenvalue weighted by molar-refractivity contribution is 5.88. The van der Waals surface area contributed by atoms with Crippen molar-refractivity contribution in [2.45, 2.75) is 127 Å². The minimum Gasteiger partial charge on any atom is -0.379 e. The summed E-state index contributed by atoms with van der Waals surface area (Å²) in [6.45, 7) is 24.3. The summed E-state index contributed by atoms with van der Waals surface area (Å²) in [5.74, 6) is 0.0879. The number of hydrogen-bond donors (Lipinski definition) is 2. The van der Waals surface area contributed by atoms with E-state index >= 15 is 0 Å². The molecule has 49 heavy (non-hydrogen) atoms. The van der Waals surface area contributed by atoms with E-state index in [1.807, 2.05) is 13.8 Å². The molecule has 0 radical (unpaired) electrons. The molecule has 5 aliphatic rings. The predicted octanol–water partition coefficient (Wildman–Crippen LogP) is 2.10. The molecule has 0 aromatic heterocycles. The van der Waals surface area contributed by atoms with Crippen molar-refractivity contribution in [1.29, 1.82) is 0 Å². The topological polar surface area (TPSA) is 108 Å². The third-order valence-corrected chi connectivity index (χ3v) is 11.9. The lowest BCUT2D eigenvalue weighted by molar-refractivity contribution is -0.145. The van der Waals surface area contributed by atoms with Crippen molar-refractivity contribution in [2.75, 3.05) is 99.0 Å². The zero-order valence-electron chi connectivity index (χ0n) is 31.8. The van der Waals surface area contributed by atoms with Gasteiger partial charge >= 0.3 is 0 Å². The van der Waals surface area contributed by atoms with E-state index in [0.717, 1.165) is 117 Å². The van der Waals surface area contributed by atoms with Crippen LogP contribution in [-0.2, 0) is 28.5 Å². The van der Waals surface area contributed by atoms with Crippen LogP contribution in [0, 0.1) is 0 Å². The Morgan fingerprint density at radius 2 is 1.31 bits per heavy atom. The van der Waals surface area contributed by atoms with Gasteiger partial charge in [-0.25, -0.2) is 0 Å². The van der Waals surface area contributed by atoms with E-state index in [2.05, 4.69) is 57.9 Å². The van der Waals surface area contributed by atoms with E-state index in [1.54, 1.807) is 7.11 Å². The van der Waals surface area contributed by atoms with Crippen molar-refractivity contribution in [1.82, 2.24) is 30.2 Å². The summed E-state index contributed by atoms with van der Waals surface area (Å²) in [6.07, 6.45) is 5.42. The number of carbonyl (C=O) groups is 2. The van der Waals surface area contributed by atoms with Gasteiger partial charge in [0.15, 0.2) is 0 Å². The standard InChI is InChI=1S/C37H68N6O6/c1-29(2)42-14-10-35(11-15-42,38-32(44)24-34(5,6)46-7)28-41-20-23-48-31(25-41)26-49-37(8-9-37)33(45)39-36(27-40-18-21-47-22-19-40)12-16-43(17-13-36)30(3)4/h29-31H,8-28H2,1-7H3,(H,38,44)(H,39,45). The summed E-state index contributed by atoms with van der Waals surface area (Å²) < 4.78 is 23.9. The maximum absolute atomic E-state index is 14.0. The molecule has 12 nitrogen and oxygen atoms in total. The summed E-state index contributed by atoms with van der Waals surface area (Å²) in [6, 6.07) is 0.993. The molecule has 1 atom stereocenters. The number of carbonyl (C=O) groups excluding carboxylic acids is 2. The molecule has 1 aliphatic carbocycles. The number of ether oxygens (including phenoxy) is 4. The van der Waals surface area contributed by atoms with Crippen LogP contribution >= 0.6 is 0 Å². The first-order valence-corrected chi connectivity index (χ1v) is 19.2. The van der Waals surface area contributed by atoms with Gasteiger partial charge in [-0.2, -0.15) is 0 Å². The Morgan fingerprint density at radius 3 is 1.84 bits per heavy atom. The van der Waals surface area contributed by atoms with Gasteiger partial charge in [-0.05, 0) is 80.1 Å². The second-order valence-corrected chi connectivity index (χ2v) is 16.9. The highest BCUT2D eigenvalue weighted by Crippen LogP contribution is 2.41. The summed E-state index contributed by atoms with van der Waals surface area (Å²) in [4.78, 5) is 37.2. The van der Waals surface area contributed by atoms with E-state index in [0.29, 0.717) is 31.7 Å². The van der Waals surface area contributed by atoms with Gasteiger partial charge in [-0.1, -0.05) is 0 Å². The molecule has 5 rings (SSSR count). The van der Waals surface area contributed by atoms with Gasteiger partial charge < -0.3 is 39.4 Å². The second-order valence-electron chi connectivity index (χ2n) is 16.9. The highest BCUT2D eigenvalue weighted by atomic mass is 16.6. The Hall–Kier alpha value is -1.38. The van der Waals surface area contributed by atoms with Gasteiger partial charge in [0, 0.05) is 84.6 Å². The van der Waals surface area contributed by atoms with Crippen molar-refractivity contribution < 1.29 is 28.5 Å². The third-order valence-electron chi connectivity index (χ3n) is 11.9. The molecule has 1 saturated carbocycles. The smallest absolute Gasteiger partial charge is 0.252 e. The number of hydrogen-bond acceptors (Lipinski definition) is 10. The quantitative estimate of drug-likeness (QED) is 0.265. The number of nitrogens with one attached hydrogen (secondary N) is 2. The van der Waals surface area contributed by atoms with Crippen LogP contribution in [0.2, 0.25) is 0 Å². The van der Waals surface area contributed by atoms with E-state index < -0.39 is 11.2 Å². The fourth-order valence-corrected chi connectivity index (χ4v) is 8.18. The van der Waals surface area contributed by atoms with Gasteiger partial charge in [0.25, 0.3) is 5.91 Å². The lowest BCUT2D eigenvalue weighted by Gasteiger charge is -2.47. The Labute approximate surface area is 296 Å². The first kappa shape index (κ1) is 38.8. The highest BCUT2D eigenvalue weighted by Gasteiger charge is 2.54. The average Bonchev–Trinajstić information content (AvgIpc) is 3.86. The Kier molecular flexibility index (Phi) is 13.1. The SMILES string of the molecule is COC(C)(C)CC(=O)NC1(CN2CCOC(COC3(C(=O)NC4(CN5CCOCC5)CCN(C(C)C)CC4)CC3)C2)CCN(C(C)C)CC1. The minimum absolute atomic E-state index is 0.0425. The molecule has 0 aromatic rings. The van der Waals surface area contributed by atoms with Crippen LogP contribution < -0.4 is 10.6 Å². The van der Waals surface area contributed by atoms with E-state index in [9.17, 15) is 9.59 Å². The molecule has 4 saturated heterocycles. The zero-order valence-corrected chi connectivity index (χ0v) is 31.8. The second kappa shape index (κ2) is 16.5. The number of methoxy groups -OCH3 is 1. The molecule has 0 spiro atoms. The molecular weight excluding hydrogens is 624 g/mol. The van der Waals surface area contributed by atoms with Crippen LogP contribution in [0.25, 0.3) is 0 Å². The fraction of sp³-hybridized carbons (Fsp3) is 0.946. The molecule has 4 aliphatic heterocycles. The molecule has 4 heterocycles. The van der Waals surface area contributed by atoms with Gasteiger partial charge in [-0.15, -0.1) is 0 Å². The first-order chi connectivity index (χ1) is 23.3. The summed E-state index contributed by atoms with van der Waals surface area (Å²) in [5.41, 5.74) is -1.82. The van der Waals surface area contributed by atoms with Crippen LogP contribution in [-0.4, -0.2) is 171 Å². The minimum atomic E-state index is -0.758. The van der Waals surface area contributed by atoms with Crippen molar-refractivity contribution in [2.24, 2.45) is 0 Å². The monoisotopic (exact) mass is 693 g/mol. The van der Waals surface area contributed by atoms with Crippen LogP contribution in [0.3, 0.4) is 0 Å². The summed E-state index contributed by atoms with van der Waals surface area (Å²) >= 11 is 0. The molecule has 0 aromatic carbocycles. The number of rotatable bonds is 15. The van der Waals surface area contributed by atoms with Crippen LogP contribution in [0.15, 0.2) is 0 Å². The average molecular weight is 693 g/mol. The zero-order chi connectivity index (χ0) is 35.3. The van der Waals surface area contributed by atoms with Gasteiger partial charge in [0.2, 0.25) is 5.91 Å². The van der Waals surface area contributed by atoms with Crippen LogP contribution in [0.1, 0.15) is 86.5 Å². The normalized spacial score (nSPS) is 26.9. The molecule has 1 unspecified atom stereocenters. The predicted molar refractivity (Wildman–Crippen MR) is 191 cm³/mol. The molecule has 282 valence electrons. The molecule has 5 fully saturated rings. The molecule has 2 amide bonds. The Bertz CT molecular complexity index is 1080. The lowest BCUT2D eigenvalue weighted by atomic mass is 9.85. The van der Waals surface area contributed by atoms with Gasteiger partial charge in [0.05, 0.1) is 55.6 Å². The fourth-order valence-electron chi connectivity index (χ4n) is 8.18. The van der Waals surface area contributed by atoms with E-state index in [4.69, 9.17) is 18.9 Å². The molecule has 12 heteroatoms. The molecular formula is C37H68N6O6. The largest absolute Gasteiger partial charge is 0.379 e. The van der Waals surface area contributed by atoms with Crippen molar-refractivity contribution in [3.05, 3.63) is 0 Å². The van der Waals surface area contributed by atoms with Gasteiger partial charge in [-0.3, -0.25) is 19.4 Å². The Morgan fingerprint density at radius 1 is 0.776 bits per heavy atom. The van der Waals surface area contributed by atoms with Crippen molar-refractivity contribution in [3.8, 4) is 0 Å². The molecule has 2 N–H and O–H groups in total. The number of piperidine rings is 2. The maximum atomic E-state index is 14.0. The lowest BCUT2D eigenvalue weighted by Crippen LogP contribution is -2.64. The number of morpholine rings is 2. The van der Waals surface area contributed by atoms with Crippen molar-refractivity contribution >= 4 is 11.8 Å². The van der Waals surface area contributed by atoms with E-state index in [-0.39, 0.29) is 29.0 Å². The first-order valence-electron chi connectivity index (χ1n) is 19.2. The van der Waals surface area contributed by atoms with Gasteiger partial charge in [0.1, 0.15) is 5.60 Å². The number of likely N-dealkylation sites (tertiary alicyclic amines) is 2. The van der Waals surface area contributed by atoms with Crippen LogP contribution in [0.5, 0.6) is 0 Å². The van der Waals surface area contributed by atoms with Crippen LogP contribution in [0.4, 0.5) is 0 Å². The van der Waals surface area contributed by atoms with Crippen molar-refractivity contribution in [3.63, 3.8) is 0 Å². The summed E-state index contributed by atoms with van der Waals surface area (Å²) in [7, 11) is 1.66. The van der Waals surface area contributed by atoms with E-state index in [1.165, 1.54) is 0 Å². The third kappa shape index (κ3) is 10.6. The molecule has 0 bridgehead atoms. The number of amides is 2. The number of nitrogens with zero attached hydrogens (tertiary/aromatic N) is 4. The summed E-state index contributed by atoms with van der Waals surface area (Å²) in [5, 5.41) is 7.05.